The van der Waals surface area contributed by atoms with Crippen LogP contribution in [0.15, 0.2) is 0 Å². The fraction of sp³-hybridized carbons (Fsp3) is 1.00. The van der Waals surface area contributed by atoms with E-state index < -0.39 is 11.7 Å². The van der Waals surface area contributed by atoms with Gasteiger partial charge in [0.25, 0.3) is 0 Å². The Balaban J connectivity index is 0.000000810. The molecule has 1 heterocycles. The Morgan fingerprint density at radius 3 is 2.50 bits per heavy atom. The van der Waals surface area contributed by atoms with E-state index in [1.165, 1.54) is 0 Å². The first kappa shape index (κ1) is 10.2. The average Bonchev–Trinajstić information content (AvgIpc) is 1.77. The molecular weight excluding hydrogens is 154 g/mol. The number of aliphatic hydroxyl groups is 2. The van der Waals surface area contributed by atoms with Crippen molar-refractivity contribution in [2.45, 2.75) is 25.0 Å². The summed E-state index contributed by atoms with van der Waals surface area (Å²) < 4.78 is 0. The lowest BCUT2D eigenvalue weighted by Gasteiger charge is -2.33. The van der Waals surface area contributed by atoms with Crippen molar-refractivity contribution in [3.63, 3.8) is 0 Å². The molecule has 1 fully saturated rings. The Hall–Kier alpha value is 0.170. The van der Waals surface area contributed by atoms with E-state index in [2.05, 4.69) is 5.32 Å². The highest BCUT2D eigenvalue weighted by atomic mass is 35.5. The summed E-state index contributed by atoms with van der Waals surface area (Å²) in [5, 5.41) is 21.5. The van der Waals surface area contributed by atoms with Gasteiger partial charge in [-0.3, -0.25) is 0 Å². The third-order valence-corrected chi connectivity index (χ3v) is 1.80. The van der Waals surface area contributed by atoms with Crippen LogP contribution in [0, 0.1) is 0 Å². The number of halogens is 1. The summed E-state index contributed by atoms with van der Waals surface area (Å²) >= 11 is 0. The molecule has 1 aliphatic heterocycles. The first-order valence-corrected chi connectivity index (χ1v) is 3.24. The van der Waals surface area contributed by atoms with Gasteiger partial charge in [-0.25, -0.2) is 0 Å². The molecule has 0 aromatic carbocycles. The van der Waals surface area contributed by atoms with Crippen LogP contribution in [-0.2, 0) is 0 Å². The molecule has 0 aromatic heterocycles. The summed E-state index contributed by atoms with van der Waals surface area (Å²) in [6, 6.07) is 0. The highest BCUT2D eigenvalue weighted by molar-refractivity contribution is 5.85. The lowest BCUT2D eigenvalue weighted by Crippen LogP contribution is -2.53. The molecule has 4 heteroatoms. The molecule has 0 bridgehead atoms. The summed E-state index contributed by atoms with van der Waals surface area (Å²) in [5.41, 5.74) is -0.918. The van der Waals surface area contributed by atoms with Crippen molar-refractivity contribution < 1.29 is 10.2 Å². The van der Waals surface area contributed by atoms with Gasteiger partial charge >= 0.3 is 0 Å². The first-order valence-electron chi connectivity index (χ1n) is 3.24. The number of hydrogen-bond donors (Lipinski definition) is 3. The standard InChI is InChI=1S/C6H13NO2.ClH/c1-6(9)4-7-3-2-5(6)8;/h5,7-9H,2-4H2,1H3;1H/t5-,6-;/m1./s1. The second kappa shape index (κ2) is 3.53. The van der Waals surface area contributed by atoms with Crippen LogP contribution in [0.2, 0.25) is 0 Å². The van der Waals surface area contributed by atoms with Crippen molar-refractivity contribution in [1.29, 1.82) is 0 Å². The highest BCUT2D eigenvalue weighted by Crippen LogP contribution is 2.14. The van der Waals surface area contributed by atoms with E-state index in [1.54, 1.807) is 6.92 Å². The van der Waals surface area contributed by atoms with Crippen molar-refractivity contribution in [3.8, 4) is 0 Å². The Morgan fingerprint density at radius 2 is 2.20 bits per heavy atom. The molecule has 62 valence electrons. The lowest BCUT2D eigenvalue weighted by atomic mass is 9.93. The maximum absolute atomic E-state index is 9.33. The minimum absolute atomic E-state index is 0. The van der Waals surface area contributed by atoms with Crippen LogP contribution < -0.4 is 5.32 Å². The Labute approximate surface area is 66.8 Å². The number of rotatable bonds is 0. The second-order valence-corrected chi connectivity index (χ2v) is 2.84. The van der Waals surface area contributed by atoms with E-state index in [4.69, 9.17) is 5.11 Å². The monoisotopic (exact) mass is 167 g/mol. The van der Waals surface area contributed by atoms with E-state index >= 15 is 0 Å². The first-order chi connectivity index (χ1) is 4.13. The summed E-state index contributed by atoms with van der Waals surface area (Å²) in [6.07, 6.45) is 0.0891. The number of hydrogen-bond acceptors (Lipinski definition) is 3. The molecule has 1 rings (SSSR count). The number of aliphatic hydroxyl groups excluding tert-OH is 1. The maximum Gasteiger partial charge on any atom is 0.100 e. The van der Waals surface area contributed by atoms with Gasteiger partial charge in [-0.2, -0.15) is 0 Å². The van der Waals surface area contributed by atoms with Crippen LogP contribution in [0.4, 0.5) is 0 Å². The number of nitrogens with one attached hydrogen (secondary N) is 1. The lowest BCUT2D eigenvalue weighted by molar-refractivity contribution is -0.0763. The summed E-state index contributed by atoms with van der Waals surface area (Å²) in [5.74, 6) is 0. The average molecular weight is 168 g/mol. The predicted molar refractivity (Wildman–Crippen MR) is 41.4 cm³/mol. The van der Waals surface area contributed by atoms with Crippen LogP contribution >= 0.6 is 12.4 Å². The van der Waals surface area contributed by atoms with Gasteiger partial charge in [0.15, 0.2) is 0 Å². The number of β-amino-alcohol motifs (C(OH)–C–C–N with tert-alkyl or cyclic N) is 1. The Bertz CT molecular complexity index is 108. The van der Waals surface area contributed by atoms with Gasteiger partial charge in [0.2, 0.25) is 0 Å². The fourth-order valence-electron chi connectivity index (χ4n) is 1.01. The zero-order valence-electron chi connectivity index (χ0n) is 6.00. The minimum atomic E-state index is -0.918. The number of piperidine rings is 1. The third-order valence-electron chi connectivity index (χ3n) is 1.80. The summed E-state index contributed by atoms with van der Waals surface area (Å²) in [6.45, 7) is 2.94. The van der Waals surface area contributed by atoms with Crippen molar-refractivity contribution in [2.24, 2.45) is 0 Å². The smallest absolute Gasteiger partial charge is 0.100 e. The van der Waals surface area contributed by atoms with Gasteiger partial charge in [-0.15, -0.1) is 12.4 Å². The molecule has 1 aliphatic rings. The van der Waals surface area contributed by atoms with E-state index in [1.807, 2.05) is 0 Å². The van der Waals surface area contributed by atoms with Crippen LogP contribution in [0.5, 0.6) is 0 Å². The highest BCUT2D eigenvalue weighted by Gasteiger charge is 2.32. The van der Waals surface area contributed by atoms with Crippen LogP contribution in [0.1, 0.15) is 13.3 Å². The molecule has 0 saturated carbocycles. The molecule has 0 unspecified atom stereocenters. The van der Waals surface area contributed by atoms with E-state index in [-0.39, 0.29) is 12.4 Å². The van der Waals surface area contributed by atoms with Gasteiger partial charge in [0.1, 0.15) is 5.60 Å². The summed E-state index contributed by atoms with van der Waals surface area (Å²) in [4.78, 5) is 0. The normalized spacial score (nSPS) is 40.5. The minimum Gasteiger partial charge on any atom is -0.390 e. The van der Waals surface area contributed by atoms with E-state index in [0.717, 1.165) is 6.54 Å². The molecule has 0 radical (unpaired) electrons. The fourth-order valence-corrected chi connectivity index (χ4v) is 1.01. The molecule has 0 aliphatic carbocycles. The van der Waals surface area contributed by atoms with Gasteiger partial charge in [0, 0.05) is 6.54 Å². The van der Waals surface area contributed by atoms with Crippen molar-refractivity contribution in [3.05, 3.63) is 0 Å². The van der Waals surface area contributed by atoms with E-state index in [0.29, 0.717) is 13.0 Å². The SMILES string of the molecule is C[C@@]1(O)CNCC[C@H]1O.Cl. The zero-order chi connectivity index (χ0) is 6.91. The summed E-state index contributed by atoms with van der Waals surface area (Å²) in [7, 11) is 0. The molecular formula is C6H14ClNO2. The van der Waals surface area contributed by atoms with Crippen molar-refractivity contribution in [2.75, 3.05) is 13.1 Å². The van der Waals surface area contributed by atoms with Crippen LogP contribution in [0.25, 0.3) is 0 Å². The van der Waals surface area contributed by atoms with E-state index in [9.17, 15) is 5.11 Å². The van der Waals surface area contributed by atoms with Crippen molar-refractivity contribution in [1.82, 2.24) is 5.32 Å². The zero-order valence-corrected chi connectivity index (χ0v) is 6.82. The molecule has 10 heavy (non-hydrogen) atoms. The van der Waals surface area contributed by atoms with Crippen molar-refractivity contribution >= 4 is 12.4 Å². The predicted octanol–water partition coefficient (Wildman–Crippen LogP) is -0.487. The Morgan fingerprint density at radius 1 is 1.60 bits per heavy atom. The molecule has 0 amide bonds. The molecule has 0 aromatic rings. The largest absolute Gasteiger partial charge is 0.390 e. The Kier molecular flexibility index (Phi) is 3.59. The van der Waals surface area contributed by atoms with Crippen LogP contribution in [0.3, 0.4) is 0 Å². The van der Waals surface area contributed by atoms with Gasteiger partial charge < -0.3 is 15.5 Å². The van der Waals surface area contributed by atoms with Gasteiger partial charge in [-0.05, 0) is 19.9 Å². The quantitative estimate of drug-likeness (QED) is 0.457. The maximum atomic E-state index is 9.33. The molecule has 0 spiro atoms. The molecule has 3 N–H and O–H groups in total. The van der Waals surface area contributed by atoms with Gasteiger partial charge in [-0.1, -0.05) is 0 Å². The molecule has 1 saturated heterocycles. The molecule has 3 nitrogen and oxygen atoms in total. The second-order valence-electron chi connectivity index (χ2n) is 2.84. The molecule has 2 atom stereocenters. The third kappa shape index (κ3) is 2.09. The van der Waals surface area contributed by atoms with Crippen LogP contribution in [-0.4, -0.2) is 35.0 Å². The van der Waals surface area contributed by atoms with Gasteiger partial charge in [0.05, 0.1) is 6.10 Å². The topological polar surface area (TPSA) is 52.5 Å².